The first-order chi connectivity index (χ1) is 8.24. The number of carbonyl (C=O) groups is 1. The Morgan fingerprint density at radius 1 is 1.44 bits per heavy atom. The zero-order valence-corrected chi connectivity index (χ0v) is 12.5. The molecule has 1 aliphatic heterocycles. The lowest BCUT2D eigenvalue weighted by molar-refractivity contribution is -0.125. The van der Waals surface area contributed by atoms with Gasteiger partial charge in [-0.25, -0.2) is 0 Å². The van der Waals surface area contributed by atoms with Gasteiger partial charge in [0.2, 0.25) is 5.91 Å². The molecule has 4 heteroatoms. The van der Waals surface area contributed by atoms with Crippen molar-refractivity contribution in [3.63, 3.8) is 0 Å². The Kier molecular flexibility index (Phi) is 5.17. The molecule has 0 spiro atoms. The highest BCUT2D eigenvalue weighted by atomic mass is 16.1. The third-order valence-corrected chi connectivity index (χ3v) is 4.11. The minimum atomic E-state index is -0.630. The third-order valence-electron chi connectivity index (χ3n) is 4.11. The fourth-order valence-electron chi connectivity index (χ4n) is 2.77. The van der Waals surface area contributed by atoms with Crippen molar-refractivity contribution in [1.82, 2.24) is 10.2 Å². The first kappa shape index (κ1) is 15.4. The summed E-state index contributed by atoms with van der Waals surface area (Å²) in [5.74, 6) is 1.21. The molecule has 0 saturated carbocycles. The van der Waals surface area contributed by atoms with Crippen LogP contribution in [0.1, 0.15) is 41.0 Å². The van der Waals surface area contributed by atoms with Crippen LogP contribution in [0.15, 0.2) is 0 Å². The van der Waals surface area contributed by atoms with Crippen LogP contribution in [0.4, 0.5) is 0 Å². The van der Waals surface area contributed by atoms with Gasteiger partial charge in [0, 0.05) is 19.1 Å². The Morgan fingerprint density at radius 2 is 2.06 bits per heavy atom. The minimum absolute atomic E-state index is 0.253. The first-order valence-electron chi connectivity index (χ1n) is 7.04. The highest BCUT2D eigenvalue weighted by Crippen LogP contribution is 2.23. The van der Waals surface area contributed by atoms with Crippen LogP contribution >= 0.6 is 0 Å². The van der Waals surface area contributed by atoms with Crippen LogP contribution in [0.3, 0.4) is 0 Å². The molecule has 0 radical (unpaired) electrons. The molecule has 1 saturated heterocycles. The van der Waals surface area contributed by atoms with E-state index in [0.29, 0.717) is 12.5 Å². The van der Waals surface area contributed by atoms with Crippen LogP contribution in [-0.2, 0) is 4.79 Å². The monoisotopic (exact) mass is 255 g/mol. The van der Waals surface area contributed by atoms with Gasteiger partial charge in [-0.1, -0.05) is 13.8 Å². The van der Waals surface area contributed by atoms with Crippen molar-refractivity contribution in [2.45, 2.75) is 52.6 Å². The summed E-state index contributed by atoms with van der Waals surface area (Å²) in [4.78, 5) is 14.1. The molecule has 1 heterocycles. The molecule has 1 fully saturated rings. The van der Waals surface area contributed by atoms with Crippen molar-refractivity contribution in [2.24, 2.45) is 17.6 Å². The maximum absolute atomic E-state index is 11.7. The summed E-state index contributed by atoms with van der Waals surface area (Å²) in [7, 11) is 0. The van der Waals surface area contributed by atoms with Crippen LogP contribution in [-0.4, -0.2) is 42.0 Å². The molecule has 3 unspecified atom stereocenters. The molecule has 0 aromatic heterocycles. The van der Waals surface area contributed by atoms with Crippen molar-refractivity contribution in [3.8, 4) is 0 Å². The number of hydrogen-bond donors (Lipinski definition) is 2. The number of nitrogens with zero attached hydrogens (tertiary/aromatic N) is 1. The Balaban J connectivity index is 2.64. The number of nitrogens with one attached hydrogen (secondary N) is 1. The molecule has 3 atom stereocenters. The van der Waals surface area contributed by atoms with E-state index in [1.54, 1.807) is 0 Å². The largest absolute Gasteiger partial charge is 0.368 e. The molecule has 4 nitrogen and oxygen atoms in total. The Bertz CT molecular complexity index is 293. The summed E-state index contributed by atoms with van der Waals surface area (Å²) >= 11 is 0. The predicted octanol–water partition coefficient (Wildman–Crippen LogP) is 1.21. The fraction of sp³-hybridized carbons (Fsp3) is 0.929. The van der Waals surface area contributed by atoms with E-state index in [1.807, 2.05) is 20.8 Å². The summed E-state index contributed by atoms with van der Waals surface area (Å²) in [6.45, 7) is 13.4. The number of primary amides is 1. The SMILES string of the molecule is CC(C)NC(C)(CN1CCC(C)C(C)C1)C(N)=O. The number of likely N-dealkylation sites (tertiary alicyclic amines) is 1. The average Bonchev–Trinajstić information content (AvgIpc) is 2.22. The molecule has 1 amide bonds. The maximum atomic E-state index is 11.7. The van der Waals surface area contributed by atoms with E-state index in [2.05, 4.69) is 24.1 Å². The average molecular weight is 255 g/mol. The van der Waals surface area contributed by atoms with Crippen LogP contribution in [0.5, 0.6) is 0 Å². The Hall–Kier alpha value is -0.610. The highest BCUT2D eigenvalue weighted by molar-refractivity contribution is 5.84. The van der Waals surface area contributed by atoms with Crippen molar-refractivity contribution in [3.05, 3.63) is 0 Å². The number of piperidine rings is 1. The van der Waals surface area contributed by atoms with E-state index < -0.39 is 5.54 Å². The molecule has 1 aliphatic rings. The van der Waals surface area contributed by atoms with Gasteiger partial charge >= 0.3 is 0 Å². The molecule has 1 rings (SSSR count). The number of amides is 1. The molecule has 3 N–H and O–H groups in total. The molecule has 106 valence electrons. The standard InChI is InChI=1S/C14H29N3O/c1-10(2)16-14(5,13(15)18)9-17-7-6-11(3)12(4)8-17/h10-12,16H,6-9H2,1-5H3,(H2,15,18). The third kappa shape index (κ3) is 3.95. The zero-order valence-electron chi connectivity index (χ0n) is 12.5. The van der Waals surface area contributed by atoms with Crippen molar-refractivity contribution >= 4 is 5.91 Å². The second kappa shape index (κ2) is 6.02. The topological polar surface area (TPSA) is 58.4 Å². The van der Waals surface area contributed by atoms with Crippen LogP contribution in [0.2, 0.25) is 0 Å². The Morgan fingerprint density at radius 3 is 2.50 bits per heavy atom. The van der Waals surface area contributed by atoms with E-state index in [1.165, 1.54) is 6.42 Å². The van der Waals surface area contributed by atoms with Gasteiger partial charge in [-0.05, 0) is 45.6 Å². The van der Waals surface area contributed by atoms with Gasteiger partial charge < -0.3 is 16.0 Å². The minimum Gasteiger partial charge on any atom is -0.368 e. The van der Waals surface area contributed by atoms with Gasteiger partial charge in [-0.3, -0.25) is 4.79 Å². The number of nitrogens with two attached hydrogens (primary N) is 1. The van der Waals surface area contributed by atoms with Gasteiger partial charge in [0.1, 0.15) is 5.54 Å². The summed E-state index contributed by atoms with van der Waals surface area (Å²) in [5.41, 5.74) is 4.94. The summed E-state index contributed by atoms with van der Waals surface area (Å²) in [6.07, 6.45) is 1.21. The second-order valence-corrected chi connectivity index (χ2v) is 6.47. The van der Waals surface area contributed by atoms with Crippen LogP contribution in [0, 0.1) is 11.8 Å². The normalized spacial score (nSPS) is 29.2. The lowest BCUT2D eigenvalue weighted by Crippen LogP contribution is -2.62. The first-order valence-corrected chi connectivity index (χ1v) is 7.04. The molecule has 0 aliphatic carbocycles. The van der Waals surface area contributed by atoms with Gasteiger partial charge in [0.15, 0.2) is 0 Å². The molecular weight excluding hydrogens is 226 g/mol. The summed E-state index contributed by atoms with van der Waals surface area (Å²) in [6, 6.07) is 0.253. The fourth-order valence-corrected chi connectivity index (χ4v) is 2.77. The quantitative estimate of drug-likeness (QED) is 0.776. The van der Waals surface area contributed by atoms with Gasteiger partial charge in [-0.15, -0.1) is 0 Å². The molecule has 0 aromatic rings. The van der Waals surface area contributed by atoms with E-state index in [-0.39, 0.29) is 11.9 Å². The van der Waals surface area contributed by atoms with Gasteiger partial charge in [0.25, 0.3) is 0 Å². The predicted molar refractivity (Wildman–Crippen MR) is 75.3 cm³/mol. The molecular formula is C14H29N3O. The van der Waals surface area contributed by atoms with Crippen LogP contribution in [0.25, 0.3) is 0 Å². The number of rotatable bonds is 5. The smallest absolute Gasteiger partial charge is 0.238 e. The van der Waals surface area contributed by atoms with Crippen molar-refractivity contribution in [2.75, 3.05) is 19.6 Å². The number of hydrogen-bond acceptors (Lipinski definition) is 3. The van der Waals surface area contributed by atoms with Crippen molar-refractivity contribution < 1.29 is 4.79 Å². The van der Waals surface area contributed by atoms with E-state index >= 15 is 0 Å². The van der Waals surface area contributed by atoms with E-state index in [0.717, 1.165) is 19.0 Å². The maximum Gasteiger partial charge on any atom is 0.238 e. The molecule has 18 heavy (non-hydrogen) atoms. The second-order valence-electron chi connectivity index (χ2n) is 6.47. The summed E-state index contributed by atoms with van der Waals surface area (Å²) in [5, 5.41) is 3.31. The van der Waals surface area contributed by atoms with E-state index in [9.17, 15) is 4.79 Å². The lowest BCUT2D eigenvalue weighted by Gasteiger charge is -2.40. The molecule has 0 aromatic carbocycles. The van der Waals surface area contributed by atoms with Gasteiger partial charge in [-0.2, -0.15) is 0 Å². The van der Waals surface area contributed by atoms with Gasteiger partial charge in [0.05, 0.1) is 0 Å². The van der Waals surface area contributed by atoms with Crippen LogP contribution < -0.4 is 11.1 Å². The summed E-state index contributed by atoms with van der Waals surface area (Å²) < 4.78 is 0. The lowest BCUT2D eigenvalue weighted by atomic mass is 9.87. The van der Waals surface area contributed by atoms with Crippen molar-refractivity contribution in [1.29, 1.82) is 0 Å². The molecule has 0 bridgehead atoms. The van der Waals surface area contributed by atoms with E-state index in [4.69, 9.17) is 5.73 Å². The number of carbonyl (C=O) groups excluding carboxylic acids is 1. The zero-order chi connectivity index (χ0) is 13.9. The Labute approximate surface area is 111 Å². The highest BCUT2D eigenvalue weighted by Gasteiger charge is 2.35.